The number of nitro groups is 1. The Morgan fingerprint density at radius 2 is 1.86 bits per heavy atom. The number of rotatable bonds is 6. The Balaban J connectivity index is 2.09. The summed E-state index contributed by atoms with van der Waals surface area (Å²) in [4.78, 5) is 33.7. The van der Waals surface area contributed by atoms with Gasteiger partial charge in [0.1, 0.15) is 10.6 Å². The van der Waals surface area contributed by atoms with Crippen LogP contribution in [0.2, 0.25) is 10.0 Å². The molecule has 2 aromatic carbocycles. The number of benzene rings is 2. The molecule has 0 saturated heterocycles. The molecule has 148 valence electrons. The number of amides is 1. The topological polar surface area (TPSA) is 159 Å². The van der Waals surface area contributed by atoms with Gasteiger partial charge in [0.2, 0.25) is 10.0 Å². The summed E-state index contributed by atoms with van der Waals surface area (Å²) in [5.74, 6) is -1.91. The molecular formula is C15H11Cl2N3O7S. The average Bonchev–Trinajstić information content (AvgIpc) is 2.58. The number of ether oxygens (including phenoxy) is 1. The normalized spacial score (nSPS) is 11.0. The van der Waals surface area contributed by atoms with E-state index in [4.69, 9.17) is 33.1 Å². The Labute approximate surface area is 168 Å². The molecule has 0 aromatic heterocycles. The van der Waals surface area contributed by atoms with Crippen LogP contribution in [0.15, 0.2) is 41.3 Å². The Bertz CT molecular complexity index is 1070. The molecule has 13 heteroatoms. The van der Waals surface area contributed by atoms with Crippen molar-refractivity contribution in [3.8, 4) is 0 Å². The summed E-state index contributed by atoms with van der Waals surface area (Å²) in [5, 5.41) is 18.1. The summed E-state index contributed by atoms with van der Waals surface area (Å²) in [6.07, 6.45) is 0. The smallest absolute Gasteiger partial charge is 0.338 e. The minimum absolute atomic E-state index is 0.148. The van der Waals surface area contributed by atoms with Crippen LogP contribution in [-0.4, -0.2) is 31.8 Å². The molecule has 10 nitrogen and oxygen atoms in total. The zero-order valence-electron chi connectivity index (χ0n) is 13.7. The lowest BCUT2D eigenvalue weighted by atomic mass is 10.2. The maximum absolute atomic E-state index is 12.0. The zero-order valence-corrected chi connectivity index (χ0v) is 16.0. The summed E-state index contributed by atoms with van der Waals surface area (Å²) in [6, 6.07) is 6.76. The summed E-state index contributed by atoms with van der Waals surface area (Å²) in [7, 11) is -4.17. The Morgan fingerprint density at radius 3 is 2.46 bits per heavy atom. The Hall–Kier alpha value is -2.73. The van der Waals surface area contributed by atoms with Crippen molar-refractivity contribution in [2.45, 2.75) is 4.90 Å². The van der Waals surface area contributed by atoms with Crippen molar-refractivity contribution < 1.29 is 27.7 Å². The molecule has 0 aliphatic carbocycles. The number of carbonyl (C=O) groups excluding carboxylic acids is 2. The van der Waals surface area contributed by atoms with Gasteiger partial charge >= 0.3 is 5.97 Å². The molecule has 0 fully saturated rings. The second kappa shape index (κ2) is 8.52. The van der Waals surface area contributed by atoms with E-state index in [2.05, 4.69) is 5.32 Å². The van der Waals surface area contributed by atoms with E-state index in [1.54, 1.807) is 0 Å². The highest BCUT2D eigenvalue weighted by Gasteiger charge is 2.19. The predicted molar refractivity (Wildman–Crippen MR) is 99.8 cm³/mol. The van der Waals surface area contributed by atoms with E-state index in [1.165, 1.54) is 12.1 Å². The van der Waals surface area contributed by atoms with Crippen LogP contribution in [0.25, 0.3) is 0 Å². The predicted octanol–water partition coefficient (Wildman–Crippen LogP) is 2.34. The zero-order chi connectivity index (χ0) is 21.1. The van der Waals surface area contributed by atoms with Crippen molar-refractivity contribution in [3.63, 3.8) is 0 Å². The van der Waals surface area contributed by atoms with E-state index >= 15 is 0 Å². The first-order chi connectivity index (χ1) is 13.0. The van der Waals surface area contributed by atoms with Crippen LogP contribution >= 0.6 is 23.2 Å². The highest BCUT2D eigenvalue weighted by molar-refractivity contribution is 7.89. The Kier molecular flexibility index (Phi) is 6.56. The molecule has 0 aliphatic heterocycles. The number of anilines is 1. The van der Waals surface area contributed by atoms with Gasteiger partial charge in [0.05, 0.1) is 15.5 Å². The second-order valence-electron chi connectivity index (χ2n) is 5.23. The minimum Gasteiger partial charge on any atom is -0.452 e. The Morgan fingerprint density at radius 1 is 1.18 bits per heavy atom. The largest absolute Gasteiger partial charge is 0.452 e. The van der Waals surface area contributed by atoms with Crippen LogP contribution in [0.3, 0.4) is 0 Å². The van der Waals surface area contributed by atoms with Gasteiger partial charge < -0.3 is 10.1 Å². The number of esters is 1. The van der Waals surface area contributed by atoms with Crippen molar-refractivity contribution in [1.82, 2.24) is 0 Å². The number of carbonyl (C=O) groups is 2. The maximum atomic E-state index is 12.0. The number of nitro benzene ring substituents is 1. The number of halogens is 2. The summed E-state index contributed by atoms with van der Waals surface area (Å²) in [6.45, 7) is -0.796. The summed E-state index contributed by atoms with van der Waals surface area (Å²) < 4.78 is 27.6. The second-order valence-corrected chi connectivity index (χ2v) is 7.61. The minimum atomic E-state index is -4.17. The maximum Gasteiger partial charge on any atom is 0.338 e. The molecule has 0 radical (unpaired) electrons. The van der Waals surface area contributed by atoms with Gasteiger partial charge in [-0.05, 0) is 30.3 Å². The molecule has 3 N–H and O–H groups in total. The first kappa shape index (κ1) is 21.6. The number of primary sulfonamides is 1. The average molecular weight is 448 g/mol. The number of sulfonamides is 1. The first-order valence-corrected chi connectivity index (χ1v) is 9.52. The number of nitrogens with one attached hydrogen (secondary N) is 1. The third-order valence-corrected chi connectivity index (χ3v) is 4.86. The highest BCUT2D eigenvalue weighted by Crippen LogP contribution is 2.27. The van der Waals surface area contributed by atoms with Crippen LogP contribution in [-0.2, 0) is 19.6 Å². The van der Waals surface area contributed by atoms with Gasteiger partial charge in [-0.25, -0.2) is 18.4 Å². The van der Waals surface area contributed by atoms with Gasteiger partial charge in [0, 0.05) is 11.1 Å². The standard InChI is InChI=1S/C15H11Cl2N3O7S/c16-9-2-4-12(20(23)24)11(6-9)19-14(21)7-27-15(22)8-1-3-10(17)13(5-8)28(18,25)26/h1-6H,7H2,(H,19,21)(H2,18,25,26). The molecule has 0 aliphatic rings. The van der Waals surface area contributed by atoms with E-state index in [-0.39, 0.29) is 21.3 Å². The van der Waals surface area contributed by atoms with E-state index in [1.807, 2.05) is 0 Å². The number of hydrogen-bond donors (Lipinski definition) is 2. The van der Waals surface area contributed by atoms with Gasteiger partial charge in [-0.1, -0.05) is 23.2 Å². The van der Waals surface area contributed by atoms with Gasteiger partial charge in [-0.15, -0.1) is 0 Å². The van der Waals surface area contributed by atoms with E-state index < -0.39 is 44.0 Å². The van der Waals surface area contributed by atoms with Crippen LogP contribution < -0.4 is 10.5 Å². The molecule has 2 aromatic rings. The summed E-state index contributed by atoms with van der Waals surface area (Å²) >= 11 is 11.5. The number of nitrogens with two attached hydrogens (primary N) is 1. The molecule has 0 saturated carbocycles. The lowest BCUT2D eigenvalue weighted by Crippen LogP contribution is -2.21. The van der Waals surface area contributed by atoms with Crippen molar-refractivity contribution in [2.24, 2.45) is 5.14 Å². The molecule has 0 heterocycles. The fraction of sp³-hybridized carbons (Fsp3) is 0.0667. The third kappa shape index (κ3) is 5.39. The van der Waals surface area contributed by atoms with Crippen molar-refractivity contribution in [3.05, 3.63) is 62.1 Å². The van der Waals surface area contributed by atoms with Crippen molar-refractivity contribution in [1.29, 1.82) is 0 Å². The van der Waals surface area contributed by atoms with E-state index in [0.717, 1.165) is 24.3 Å². The van der Waals surface area contributed by atoms with Gasteiger partial charge in [-0.3, -0.25) is 14.9 Å². The highest BCUT2D eigenvalue weighted by atomic mass is 35.5. The number of hydrogen-bond acceptors (Lipinski definition) is 7. The lowest BCUT2D eigenvalue weighted by Gasteiger charge is -2.08. The van der Waals surface area contributed by atoms with E-state index in [9.17, 15) is 28.1 Å². The van der Waals surface area contributed by atoms with Crippen molar-refractivity contribution >= 4 is 56.5 Å². The quantitative estimate of drug-likeness (QED) is 0.390. The molecular weight excluding hydrogens is 437 g/mol. The fourth-order valence-electron chi connectivity index (χ4n) is 2.02. The van der Waals surface area contributed by atoms with Crippen LogP contribution in [0.5, 0.6) is 0 Å². The van der Waals surface area contributed by atoms with Crippen molar-refractivity contribution in [2.75, 3.05) is 11.9 Å². The molecule has 2 rings (SSSR count). The molecule has 1 amide bonds. The van der Waals surface area contributed by atoms with Gasteiger partial charge in [0.25, 0.3) is 11.6 Å². The van der Waals surface area contributed by atoms with Gasteiger partial charge in [-0.2, -0.15) is 0 Å². The third-order valence-electron chi connectivity index (χ3n) is 3.24. The molecule has 0 unspecified atom stereocenters. The molecule has 0 spiro atoms. The molecule has 0 bridgehead atoms. The van der Waals surface area contributed by atoms with E-state index in [0.29, 0.717) is 0 Å². The van der Waals surface area contributed by atoms with Crippen LogP contribution in [0, 0.1) is 10.1 Å². The molecule has 0 atom stereocenters. The van der Waals surface area contributed by atoms with Crippen LogP contribution in [0.1, 0.15) is 10.4 Å². The van der Waals surface area contributed by atoms with Gasteiger partial charge in [0.15, 0.2) is 6.61 Å². The first-order valence-electron chi connectivity index (χ1n) is 7.22. The monoisotopic (exact) mass is 447 g/mol. The number of nitrogens with zero attached hydrogens (tertiary/aromatic N) is 1. The fourth-order valence-corrected chi connectivity index (χ4v) is 3.26. The summed E-state index contributed by atoms with van der Waals surface area (Å²) in [5.41, 5.74) is -0.795. The van der Waals surface area contributed by atoms with Crippen LogP contribution in [0.4, 0.5) is 11.4 Å². The lowest BCUT2D eigenvalue weighted by molar-refractivity contribution is -0.383. The SMILES string of the molecule is NS(=O)(=O)c1cc(C(=O)OCC(=O)Nc2cc(Cl)ccc2[N+](=O)[O-])ccc1Cl. The molecule has 28 heavy (non-hydrogen) atoms.